The second-order valence-corrected chi connectivity index (χ2v) is 8.60. The van der Waals surface area contributed by atoms with Crippen LogP contribution in [0.5, 0.6) is 0 Å². The molecule has 3 atom stereocenters. The molecule has 0 aliphatic carbocycles. The molecule has 2 amide bonds. The molecule has 0 spiro atoms. The molecular weight excluding hydrogens is 457 g/mol. The van der Waals surface area contributed by atoms with E-state index in [4.69, 9.17) is 14.3 Å². The van der Waals surface area contributed by atoms with Gasteiger partial charge >= 0.3 is 0 Å². The standard InChI is InChI=1S/C24H28FN5O5/c1-13-6-16(4-5-18(13)25)9-27-24(32)21-7-19(28-14(2)29-21)20-8-22(35-30-20)23-12-33-17(11-34-23)10-26-15(3)31/h4-7,17,22-23H,8-12H2,1-3H3,(H,26,31)(H,27,32)/t17-,22?,23-/m1/s1. The Morgan fingerprint density at radius 2 is 1.91 bits per heavy atom. The van der Waals surface area contributed by atoms with Crippen LogP contribution in [-0.2, 0) is 25.7 Å². The van der Waals surface area contributed by atoms with Gasteiger partial charge in [-0.15, -0.1) is 0 Å². The molecule has 2 N–H and O–H groups in total. The molecule has 1 aromatic carbocycles. The molecule has 1 fully saturated rings. The molecule has 2 aliphatic heterocycles. The lowest BCUT2D eigenvalue weighted by Gasteiger charge is -2.31. The maximum Gasteiger partial charge on any atom is 0.270 e. The molecule has 3 heterocycles. The number of halogens is 1. The van der Waals surface area contributed by atoms with Gasteiger partial charge in [-0.1, -0.05) is 17.3 Å². The molecule has 1 saturated heterocycles. The van der Waals surface area contributed by atoms with Gasteiger partial charge in [-0.3, -0.25) is 9.59 Å². The summed E-state index contributed by atoms with van der Waals surface area (Å²) in [4.78, 5) is 38.0. The summed E-state index contributed by atoms with van der Waals surface area (Å²) >= 11 is 0. The average molecular weight is 486 g/mol. The Balaban J connectivity index is 1.33. The molecule has 186 valence electrons. The van der Waals surface area contributed by atoms with Crippen molar-refractivity contribution in [2.75, 3.05) is 19.8 Å². The predicted molar refractivity (Wildman–Crippen MR) is 123 cm³/mol. The van der Waals surface area contributed by atoms with Crippen LogP contribution in [0, 0.1) is 19.7 Å². The van der Waals surface area contributed by atoms with Crippen LogP contribution in [0.15, 0.2) is 29.4 Å². The van der Waals surface area contributed by atoms with Crippen LogP contribution in [0.25, 0.3) is 0 Å². The van der Waals surface area contributed by atoms with Crippen LogP contribution < -0.4 is 10.6 Å². The predicted octanol–water partition coefficient (Wildman–Crippen LogP) is 1.58. The summed E-state index contributed by atoms with van der Waals surface area (Å²) in [5.74, 6) is -0.353. The van der Waals surface area contributed by atoms with Crippen molar-refractivity contribution in [3.05, 3.63) is 58.4 Å². The fourth-order valence-electron chi connectivity index (χ4n) is 3.82. The van der Waals surface area contributed by atoms with Gasteiger partial charge in [-0.25, -0.2) is 14.4 Å². The highest BCUT2D eigenvalue weighted by Crippen LogP contribution is 2.23. The number of carbonyl (C=O) groups excluding carboxylic acids is 2. The molecule has 0 radical (unpaired) electrons. The highest BCUT2D eigenvalue weighted by atomic mass is 19.1. The van der Waals surface area contributed by atoms with Crippen molar-refractivity contribution in [1.29, 1.82) is 0 Å². The van der Waals surface area contributed by atoms with Gasteiger partial charge in [0.05, 0.1) is 25.0 Å². The van der Waals surface area contributed by atoms with Gasteiger partial charge in [0.25, 0.3) is 5.91 Å². The zero-order valence-corrected chi connectivity index (χ0v) is 19.8. The third kappa shape index (κ3) is 6.37. The zero-order chi connectivity index (χ0) is 24.9. The van der Waals surface area contributed by atoms with Crippen molar-refractivity contribution in [3.8, 4) is 0 Å². The van der Waals surface area contributed by atoms with Gasteiger partial charge in [0.15, 0.2) is 6.10 Å². The molecule has 11 heteroatoms. The number of aryl methyl sites for hydroxylation is 2. The third-order valence-corrected chi connectivity index (χ3v) is 5.72. The molecule has 0 bridgehead atoms. The van der Waals surface area contributed by atoms with Crippen molar-refractivity contribution in [2.24, 2.45) is 5.16 Å². The van der Waals surface area contributed by atoms with E-state index in [9.17, 15) is 14.0 Å². The fourth-order valence-corrected chi connectivity index (χ4v) is 3.82. The summed E-state index contributed by atoms with van der Waals surface area (Å²) in [6.45, 7) is 6.11. The lowest BCUT2D eigenvalue weighted by atomic mass is 10.0. The highest BCUT2D eigenvalue weighted by molar-refractivity contribution is 6.02. The number of oxime groups is 1. The summed E-state index contributed by atoms with van der Waals surface area (Å²) in [5.41, 5.74) is 2.60. The summed E-state index contributed by atoms with van der Waals surface area (Å²) in [7, 11) is 0. The Hall–Kier alpha value is -3.44. The summed E-state index contributed by atoms with van der Waals surface area (Å²) in [5, 5.41) is 9.68. The van der Waals surface area contributed by atoms with Crippen molar-refractivity contribution in [2.45, 2.75) is 52.0 Å². The van der Waals surface area contributed by atoms with E-state index in [0.29, 0.717) is 49.0 Å². The Morgan fingerprint density at radius 3 is 2.63 bits per heavy atom. The Bertz CT molecular complexity index is 1130. The second kappa shape index (κ2) is 10.9. The number of ether oxygens (including phenoxy) is 2. The second-order valence-electron chi connectivity index (χ2n) is 8.60. The number of aromatic nitrogens is 2. The average Bonchev–Trinajstić information content (AvgIpc) is 3.33. The lowest BCUT2D eigenvalue weighted by Crippen LogP contribution is -2.46. The highest BCUT2D eigenvalue weighted by Gasteiger charge is 2.35. The molecule has 2 aliphatic rings. The van der Waals surface area contributed by atoms with Crippen LogP contribution in [-0.4, -0.2) is 65.6 Å². The number of benzene rings is 1. The van der Waals surface area contributed by atoms with E-state index < -0.39 is 0 Å². The van der Waals surface area contributed by atoms with E-state index in [1.807, 2.05) is 0 Å². The normalized spacial score (nSPS) is 21.7. The first kappa shape index (κ1) is 24.7. The third-order valence-electron chi connectivity index (χ3n) is 5.72. The quantitative estimate of drug-likeness (QED) is 0.610. The molecular formula is C24H28FN5O5. The molecule has 0 saturated carbocycles. The molecule has 1 unspecified atom stereocenters. The van der Waals surface area contributed by atoms with Gasteiger partial charge in [0.2, 0.25) is 5.91 Å². The van der Waals surface area contributed by atoms with Crippen molar-refractivity contribution < 1.29 is 28.3 Å². The first-order valence-corrected chi connectivity index (χ1v) is 11.4. The SMILES string of the molecule is CC(=O)NC[C@@H]1CO[C@@H](C2CC(c3cc(C(=O)NCc4ccc(F)c(C)c4)nc(C)n3)=NO2)CO1. The summed E-state index contributed by atoms with van der Waals surface area (Å²) in [6, 6.07) is 6.27. The van der Waals surface area contributed by atoms with Crippen LogP contribution in [0.4, 0.5) is 4.39 Å². The minimum atomic E-state index is -0.371. The minimum Gasteiger partial charge on any atom is -0.389 e. The number of rotatable bonds is 7. The van der Waals surface area contributed by atoms with Crippen LogP contribution in [0.2, 0.25) is 0 Å². The van der Waals surface area contributed by atoms with Gasteiger partial charge in [-0.05, 0) is 37.1 Å². The van der Waals surface area contributed by atoms with E-state index in [1.54, 1.807) is 32.0 Å². The minimum absolute atomic E-state index is 0.119. The van der Waals surface area contributed by atoms with Crippen molar-refractivity contribution in [1.82, 2.24) is 20.6 Å². The van der Waals surface area contributed by atoms with Crippen LogP contribution >= 0.6 is 0 Å². The Morgan fingerprint density at radius 1 is 1.09 bits per heavy atom. The summed E-state index contributed by atoms with van der Waals surface area (Å²) in [6.07, 6.45) is -0.423. The fraction of sp³-hybridized carbons (Fsp3) is 0.458. The number of nitrogens with zero attached hydrogens (tertiary/aromatic N) is 3. The first-order chi connectivity index (χ1) is 16.8. The molecule has 4 rings (SSSR count). The van der Waals surface area contributed by atoms with Gasteiger partial charge in [0, 0.05) is 26.4 Å². The Kier molecular flexibility index (Phi) is 7.67. The molecule has 35 heavy (non-hydrogen) atoms. The van der Waals surface area contributed by atoms with E-state index in [2.05, 4.69) is 25.8 Å². The maximum atomic E-state index is 13.5. The largest absolute Gasteiger partial charge is 0.389 e. The van der Waals surface area contributed by atoms with E-state index in [0.717, 1.165) is 5.56 Å². The zero-order valence-electron chi connectivity index (χ0n) is 19.8. The number of amides is 2. The topological polar surface area (TPSA) is 124 Å². The number of hydrogen-bond acceptors (Lipinski definition) is 8. The lowest BCUT2D eigenvalue weighted by molar-refractivity contribution is -0.170. The van der Waals surface area contributed by atoms with Gasteiger partial charge in [0.1, 0.15) is 29.2 Å². The maximum absolute atomic E-state index is 13.5. The number of nitrogens with one attached hydrogen (secondary N) is 2. The van der Waals surface area contributed by atoms with Crippen LogP contribution in [0.3, 0.4) is 0 Å². The van der Waals surface area contributed by atoms with E-state index >= 15 is 0 Å². The molecule has 1 aromatic heterocycles. The van der Waals surface area contributed by atoms with Gasteiger partial charge < -0.3 is 24.9 Å². The van der Waals surface area contributed by atoms with Crippen molar-refractivity contribution >= 4 is 17.5 Å². The van der Waals surface area contributed by atoms with E-state index in [-0.39, 0.29) is 48.2 Å². The number of carbonyl (C=O) groups is 2. The first-order valence-electron chi connectivity index (χ1n) is 11.4. The van der Waals surface area contributed by atoms with Crippen LogP contribution in [0.1, 0.15) is 46.5 Å². The number of hydrogen-bond donors (Lipinski definition) is 2. The Labute approximate surface area is 202 Å². The molecule has 2 aromatic rings. The molecule has 10 nitrogen and oxygen atoms in total. The monoisotopic (exact) mass is 485 g/mol. The summed E-state index contributed by atoms with van der Waals surface area (Å²) < 4.78 is 25.1. The van der Waals surface area contributed by atoms with E-state index in [1.165, 1.54) is 13.0 Å². The van der Waals surface area contributed by atoms with Gasteiger partial charge in [-0.2, -0.15) is 0 Å². The smallest absolute Gasteiger partial charge is 0.270 e. The van der Waals surface area contributed by atoms with Crippen molar-refractivity contribution in [3.63, 3.8) is 0 Å².